The number of ether oxygens (including phenoxy) is 1. The highest BCUT2D eigenvalue weighted by Gasteiger charge is 2.38. The lowest BCUT2D eigenvalue weighted by molar-refractivity contribution is -0.0376. The molecule has 0 bridgehead atoms. The third kappa shape index (κ3) is 3.03. The molecule has 3 nitrogen and oxygen atoms in total. The Balaban J connectivity index is 1.71. The average molecular weight is 331 g/mol. The van der Waals surface area contributed by atoms with Crippen LogP contribution in [0.25, 0.3) is 10.8 Å². The second kappa shape index (κ2) is 6.69. The molecule has 3 aromatic carbocycles. The molecule has 0 unspecified atom stereocenters. The zero-order chi connectivity index (χ0) is 17.1. The van der Waals surface area contributed by atoms with Crippen LogP contribution in [0.2, 0.25) is 0 Å². The highest BCUT2D eigenvalue weighted by Crippen LogP contribution is 2.36. The summed E-state index contributed by atoms with van der Waals surface area (Å²) in [6, 6.07) is 23.8. The summed E-state index contributed by atoms with van der Waals surface area (Å²) >= 11 is 0. The molecule has 25 heavy (non-hydrogen) atoms. The van der Waals surface area contributed by atoms with Gasteiger partial charge in [-0.25, -0.2) is 4.79 Å². The average Bonchev–Trinajstić information content (AvgIpc) is 2.69. The second-order valence-corrected chi connectivity index (χ2v) is 6.53. The summed E-state index contributed by atoms with van der Waals surface area (Å²) in [4.78, 5) is 13.1. The van der Waals surface area contributed by atoms with Crippen molar-refractivity contribution in [1.82, 2.24) is 5.32 Å². The summed E-state index contributed by atoms with van der Waals surface area (Å²) in [7, 11) is 0. The van der Waals surface area contributed by atoms with E-state index in [0.29, 0.717) is 5.56 Å². The molecular formula is C22H21NO2. The van der Waals surface area contributed by atoms with E-state index in [1.54, 1.807) is 0 Å². The number of fused-ring (bicyclic) bond motifs is 1. The van der Waals surface area contributed by atoms with E-state index < -0.39 is 5.60 Å². The Labute approximate surface area is 147 Å². The van der Waals surface area contributed by atoms with Crippen LogP contribution in [0.1, 0.15) is 28.8 Å². The molecule has 1 aliphatic heterocycles. The van der Waals surface area contributed by atoms with Gasteiger partial charge in [0.15, 0.2) is 0 Å². The molecule has 0 spiro atoms. The topological polar surface area (TPSA) is 38.3 Å². The Kier molecular flexibility index (Phi) is 4.24. The van der Waals surface area contributed by atoms with Crippen molar-refractivity contribution in [1.29, 1.82) is 0 Å². The van der Waals surface area contributed by atoms with E-state index in [1.807, 2.05) is 60.7 Å². The van der Waals surface area contributed by atoms with Gasteiger partial charge in [0.05, 0.1) is 5.56 Å². The van der Waals surface area contributed by atoms with Gasteiger partial charge in [0, 0.05) is 12.8 Å². The third-order valence-electron chi connectivity index (χ3n) is 5.01. The number of esters is 1. The van der Waals surface area contributed by atoms with Gasteiger partial charge >= 0.3 is 5.97 Å². The molecule has 3 heteroatoms. The maximum atomic E-state index is 13.1. The predicted molar refractivity (Wildman–Crippen MR) is 99.6 cm³/mol. The van der Waals surface area contributed by atoms with Crippen LogP contribution in [0.3, 0.4) is 0 Å². The largest absolute Gasteiger partial charge is 0.450 e. The molecule has 126 valence electrons. The van der Waals surface area contributed by atoms with Gasteiger partial charge in [-0.15, -0.1) is 0 Å². The Morgan fingerprint density at radius 1 is 0.840 bits per heavy atom. The molecule has 1 saturated heterocycles. The van der Waals surface area contributed by atoms with Crippen LogP contribution in [0, 0.1) is 0 Å². The van der Waals surface area contributed by atoms with Gasteiger partial charge in [-0.3, -0.25) is 0 Å². The van der Waals surface area contributed by atoms with Crippen molar-refractivity contribution in [2.45, 2.75) is 18.4 Å². The van der Waals surface area contributed by atoms with Crippen molar-refractivity contribution in [3.05, 3.63) is 83.9 Å². The van der Waals surface area contributed by atoms with E-state index in [2.05, 4.69) is 17.4 Å². The summed E-state index contributed by atoms with van der Waals surface area (Å²) in [5, 5.41) is 5.35. The fourth-order valence-corrected chi connectivity index (χ4v) is 3.66. The third-order valence-corrected chi connectivity index (χ3v) is 5.01. The van der Waals surface area contributed by atoms with Crippen LogP contribution in [0.15, 0.2) is 72.8 Å². The number of rotatable bonds is 3. The molecule has 3 aromatic rings. The van der Waals surface area contributed by atoms with Crippen molar-refractivity contribution in [3.63, 3.8) is 0 Å². The summed E-state index contributed by atoms with van der Waals surface area (Å²) < 4.78 is 6.18. The molecule has 1 heterocycles. The Morgan fingerprint density at radius 3 is 2.32 bits per heavy atom. The van der Waals surface area contributed by atoms with Gasteiger partial charge in [-0.05, 0) is 35.5 Å². The summed E-state index contributed by atoms with van der Waals surface area (Å²) in [6.45, 7) is 1.69. The first-order valence-electron chi connectivity index (χ1n) is 8.76. The molecule has 0 radical (unpaired) electrons. The summed E-state index contributed by atoms with van der Waals surface area (Å²) in [6.07, 6.45) is 1.57. The van der Waals surface area contributed by atoms with Crippen LogP contribution in [0.4, 0.5) is 0 Å². The number of piperidine rings is 1. The Hall–Kier alpha value is -2.65. The number of carbonyl (C=O) groups is 1. The van der Waals surface area contributed by atoms with E-state index in [-0.39, 0.29) is 5.97 Å². The summed E-state index contributed by atoms with van der Waals surface area (Å²) in [5.74, 6) is -0.248. The maximum Gasteiger partial charge on any atom is 0.339 e. The van der Waals surface area contributed by atoms with Gasteiger partial charge in [0.2, 0.25) is 0 Å². The van der Waals surface area contributed by atoms with Crippen LogP contribution in [0.5, 0.6) is 0 Å². The molecule has 4 rings (SSSR count). The molecule has 1 N–H and O–H groups in total. The predicted octanol–water partition coefficient (Wildman–Crippen LogP) is 4.28. The first-order valence-corrected chi connectivity index (χ1v) is 8.76. The van der Waals surface area contributed by atoms with Gasteiger partial charge in [0.1, 0.15) is 5.60 Å². The van der Waals surface area contributed by atoms with Crippen molar-refractivity contribution < 1.29 is 9.53 Å². The second-order valence-electron chi connectivity index (χ2n) is 6.53. The zero-order valence-corrected chi connectivity index (χ0v) is 14.1. The summed E-state index contributed by atoms with van der Waals surface area (Å²) in [5.41, 5.74) is 1.15. The first-order chi connectivity index (χ1) is 12.3. The van der Waals surface area contributed by atoms with Crippen LogP contribution in [-0.2, 0) is 10.3 Å². The number of hydrogen-bond acceptors (Lipinski definition) is 3. The Morgan fingerprint density at radius 2 is 1.52 bits per heavy atom. The molecule has 0 aromatic heterocycles. The van der Waals surface area contributed by atoms with E-state index in [1.165, 1.54) is 0 Å². The van der Waals surface area contributed by atoms with Crippen LogP contribution < -0.4 is 5.32 Å². The highest BCUT2D eigenvalue weighted by molar-refractivity contribution is 6.04. The number of benzene rings is 3. The van der Waals surface area contributed by atoms with E-state index in [9.17, 15) is 4.79 Å². The van der Waals surface area contributed by atoms with Crippen molar-refractivity contribution in [3.8, 4) is 0 Å². The van der Waals surface area contributed by atoms with Gasteiger partial charge in [-0.2, -0.15) is 0 Å². The Bertz CT molecular complexity index is 877. The lowest BCUT2D eigenvalue weighted by Crippen LogP contribution is -2.43. The standard InChI is InChI=1S/C22H21NO2/c24-21(20-12-6-8-17-7-4-5-11-19(17)20)25-22(13-15-23-16-14-22)18-9-2-1-3-10-18/h1-12,23H,13-16H2. The van der Waals surface area contributed by atoms with Crippen LogP contribution >= 0.6 is 0 Å². The molecule has 0 aliphatic carbocycles. The van der Waals surface area contributed by atoms with Crippen molar-refractivity contribution in [2.75, 3.05) is 13.1 Å². The van der Waals surface area contributed by atoms with Crippen molar-refractivity contribution in [2.24, 2.45) is 0 Å². The molecule has 1 fully saturated rings. The van der Waals surface area contributed by atoms with Crippen molar-refractivity contribution >= 4 is 16.7 Å². The highest BCUT2D eigenvalue weighted by atomic mass is 16.6. The number of carbonyl (C=O) groups excluding carboxylic acids is 1. The number of hydrogen-bond donors (Lipinski definition) is 1. The lowest BCUT2D eigenvalue weighted by Gasteiger charge is -2.37. The molecule has 0 saturated carbocycles. The van der Waals surface area contributed by atoms with E-state index in [4.69, 9.17) is 4.74 Å². The molecule has 0 amide bonds. The quantitative estimate of drug-likeness (QED) is 0.728. The van der Waals surface area contributed by atoms with Gasteiger partial charge in [0.25, 0.3) is 0 Å². The van der Waals surface area contributed by atoms with E-state index >= 15 is 0 Å². The minimum Gasteiger partial charge on any atom is -0.450 e. The minimum atomic E-state index is -0.555. The fraction of sp³-hybridized carbons (Fsp3) is 0.227. The van der Waals surface area contributed by atoms with Crippen LogP contribution in [-0.4, -0.2) is 19.1 Å². The SMILES string of the molecule is O=C(OC1(c2ccccc2)CCNCC1)c1cccc2ccccc12. The van der Waals surface area contributed by atoms with E-state index in [0.717, 1.165) is 42.3 Å². The minimum absolute atomic E-state index is 0.248. The normalized spacial score (nSPS) is 16.5. The fourth-order valence-electron chi connectivity index (χ4n) is 3.66. The number of nitrogens with one attached hydrogen (secondary N) is 1. The molecular weight excluding hydrogens is 310 g/mol. The lowest BCUT2D eigenvalue weighted by atomic mass is 9.84. The molecule has 1 aliphatic rings. The smallest absolute Gasteiger partial charge is 0.339 e. The van der Waals surface area contributed by atoms with Gasteiger partial charge in [-0.1, -0.05) is 66.7 Å². The van der Waals surface area contributed by atoms with Gasteiger partial charge < -0.3 is 10.1 Å². The first kappa shape index (κ1) is 15.9. The zero-order valence-electron chi connectivity index (χ0n) is 14.1. The molecule has 0 atom stereocenters. The maximum absolute atomic E-state index is 13.1. The monoisotopic (exact) mass is 331 g/mol.